The molecule has 78 valence electrons. The van der Waals surface area contributed by atoms with Crippen molar-refractivity contribution < 1.29 is 4.57 Å². The molecule has 0 spiro atoms. The van der Waals surface area contributed by atoms with E-state index in [1.165, 1.54) is 0 Å². The largest absolute Gasteiger partial charge is 0.319 e. The standard InChI is InChI=1S/C10H14NOP.ClH/c12-13(8-6-11-7-9-13)10-4-2-1-3-5-10;/h1-5,11H,6-9H2;1H. The molecule has 1 aromatic carbocycles. The molecule has 0 bridgehead atoms. The number of rotatable bonds is 1. The van der Waals surface area contributed by atoms with Crippen molar-refractivity contribution in [3.63, 3.8) is 0 Å². The summed E-state index contributed by atoms with van der Waals surface area (Å²) in [6.07, 6.45) is 1.63. The van der Waals surface area contributed by atoms with Crippen molar-refractivity contribution in [2.24, 2.45) is 0 Å². The van der Waals surface area contributed by atoms with E-state index in [9.17, 15) is 4.57 Å². The van der Waals surface area contributed by atoms with Crippen LogP contribution >= 0.6 is 19.5 Å². The van der Waals surface area contributed by atoms with E-state index in [1.807, 2.05) is 30.3 Å². The lowest BCUT2D eigenvalue weighted by Crippen LogP contribution is -2.32. The van der Waals surface area contributed by atoms with Gasteiger partial charge in [0.05, 0.1) is 0 Å². The lowest BCUT2D eigenvalue weighted by atomic mass is 10.4. The fraction of sp³-hybridized carbons (Fsp3) is 0.400. The van der Waals surface area contributed by atoms with Crippen LogP contribution in [0.5, 0.6) is 0 Å². The van der Waals surface area contributed by atoms with Gasteiger partial charge in [-0.2, -0.15) is 0 Å². The molecule has 0 aromatic heterocycles. The summed E-state index contributed by atoms with van der Waals surface area (Å²) < 4.78 is 12.4. The topological polar surface area (TPSA) is 29.1 Å². The van der Waals surface area contributed by atoms with Gasteiger partial charge in [0.2, 0.25) is 0 Å². The number of nitrogens with one attached hydrogen (secondary N) is 1. The molecule has 0 unspecified atom stereocenters. The second-order valence-corrected chi connectivity index (χ2v) is 6.61. The molecule has 2 nitrogen and oxygen atoms in total. The molecule has 0 amide bonds. The Morgan fingerprint density at radius 2 is 1.64 bits per heavy atom. The first-order chi connectivity index (χ1) is 6.31. The van der Waals surface area contributed by atoms with E-state index in [0.717, 1.165) is 30.7 Å². The molecule has 0 atom stereocenters. The van der Waals surface area contributed by atoms with Gasteiger partial charge >= 0.3 is 0 Å². The Labute approximate surface area is 90.9 Å². The quantitative estimate of drug-likeness (QED) is 0.746. The molecule has 0 radical (unpaired) electrons. The summed E-state index contributed by atoms with van der Waals surface area (Å²) in [5, 5.41) is 4.29. The Morgan fingerprint density at radius 1 is 1.07 bits per heavy atom. The molecule has 1 aliphatic heterocycles. The first-order valence-electron chi connectivity index (χ1n) is 4.66. The second-order valence-electron chi connectivity index (χ2n) is 3.42. The van der Waals surface area contributed by atoms with Gasteiger partial charge in [0.15, 0.2) is 0 Å². The van der Waals surface area contributed by atoms with Crippen molar-refractivity contribution in [3.05, 3.63) is 30.3 Å². The number of halogens is 1. The SMILES string of the molecule is Cl.O=P1(c2ccccc2)CCNCC1. The average Bonchev–Trinajstić information content (AvgIpc) is 2.20. The van der Waals surface area contributed by atoms with Gasteiger partial charge in [-0.15, -0.1) is 12.4 Å². The van der Waals surface area contributed by atoms with E-state index >= 15 is 0 Å². The minimum Gasteiger partial charge on any atom is -0.319 e. The van der Waals surface area contributed by atoms with Crippen LogP contribution in [0, 0.1) is 0 Å². The van der Waals surface area contributed by atoms with E-state index in [0.29, 0.717) is 0 Å². The predicted molar refractivity (Wildman–Crippen MR) is 63.5 cm³/mol. The highest BCUT2D eigenvalue weighted by Gasteiger charge is 2.26. The molecule has 1 heterocycles. The van der Waals surface area contributed by atoms with Gasteiger partial charge in [-0.3, -0.25) is 0 Å². The monoisotopic (exact) mass is 231 g/mol. The van der Waals surface area contributed by atoms with Crippen LogP contribution in [0.2, 0.25) is 0 Å². The zero-order valence-corrected chi connectivity index (χ0v) is 9.69. The summed E-state index contributed by atoms with van der Waals surface area (Å²) in [7, 11) is -2.03. The number of hydrogen-bond acceptors (Lipinski definition) is 2. The predicted octanol–water partition coefficient (Wildman–Crippen LogP) is 1.70. The molecule has 1 fully saturated rings. The van der Waals surface area contributed by atoms with Crippen molar-refractivity contribution >= 4 is 24.9 Å². The highest BCUT2D eigenvalue weighted by atomic mass is 35.5. The normalized spacial score (nSPS) is 19.7. The zero-order chi connectivity index (χ0) is 9.15. The van der Waals surface area contributed by atoms with Crippen molar-refractivity contribution in [1.29, 1.82) is 0 Å². The first-order valence-corrected chi connectivity index (χ1v) is 6.73. The minimum absolute atomic E-state index is 0. The molecule has 0 aliphatic carbocycles. The van der Waals surface area contributed by atoms with Crippen LogP contribution in [0.15, 0.2) is 30.3 Å². The number of hydrogen-bond donors (Lipinski definition) is 1. The summed E-state index contributed by atoms with van der Waals surface area (Å²) in [4.78, 5) is 0. The molecular weight excluding hydrogens is 217 g/mol. The Hall–Kier alpha value is -0.300. The van der Waals surface area contributed by atoms with Crippen LogP contribution in [-0.2, 0) is 4.57 Å². The van der Waals surface area contributed by atoms with Gasteiger partial charge in [-0.05, 0) is 0 Å². The van der Waals surface area contributed by atoms with E-state index in [2.05, 4.69) is 5.32 Å². The van der Waals surface area contributed by atoms with Gasteiger partial charge < -0.3 is 9.88 Å². The lowest BCUT2D eigenvalue weighted by Gasteiger charge is -2.23. The summed E-state index contributed by atoms with van der Waals surface area (Å²) >= 11 is 0. The Kier molecular flexibility index (Phi) is 4.18. The molecule has 1 aliphatic rings. The van der Waals surface area contributed by atoms with E-state index in [4.69, 9.17) is 0 Å². The van der Waals surface area contributed by atoms with Gasteiger partial charge in [0.25, 0.3) is 0 Å². The summed E-state index contributed by atoms with van der Waals surface area (Å²) in [5.74, 6) is 0. The van der Waals surface area contributed by atoms with Crippen LogP contribution in [-0.4, -0.2) is 25.4 Å². The average molecular weight is 232 g/mol. The smallest absolute Gasteiger partial charge is 0.118 e. The van der Waals surface area contributed by atoms with Crippen LogP contribution < -0.4 is 10.6 Å². The summed E-state index contributed by atoms with van der Waals surface area (Å²) in [6.45, 7) is 1.79. The molecule has 1 saturated heterocycles. The fourth-order valence-corrected chi connectivity index (χ4v) is 4.21. The van der Waals surface area contributed by atoms with Gasteiger partial charge in [0, 0.05) is 30.7 Å². The maximum absolute atomic E-state index is 12.4. The highest BCUT2D eigenvalue weighted by Crippen LogP contribution is 2.44. The van der Waals surface area contributed by atoms with Crippen molar-refractivity contribution in [3.8, 4) is 0 Å². The van der Waals surface area contributed by atoms with Crippen LogP contribution in [0.4, 0.5) is 0 Å². The van der Waals surface area contributed by atoms with Gasteiger partial charge in [-0.25, -0.2) is 0 Å². The van der Waals surface area contributed by atoms with Gasteiger partial charge in [-0.1, -0.05) is 30.3 Å². The zero-order valence-electron chi connectivity index (χ0n) is 7.98. The van der Waals surface area contributed by atoms with E-state index in [1.54, 1.807) is 0 Å². The Morgan fingerprint density at radius 3 is 2.21 bits per heavy atom. The fourth-order valence-electron chi connectivity index (χ4n) is 1.71. The molecule has 2 rings (SSSR count). The van der Waals surface area contributed by atoms with E-state index in [-0.39, 0.29) is 12.4 Å². The third-order valence-electron chi connectivity index (χ3n) is 2.53. The molecular formula is C10H15ClNOP. The second kappa shape index (κ2) is 4.97. The van der Waals surface area contributed by atoms with Crippen LogP contribution in [0.25, 0.3) is 0 Å². The van der Waals surface area contributed by atoms with Crippen LogP contribution in [0.3, 0.4) is 0 Å². The molecule has 1 N–H and O–H groups in total. The Bertz CT molecular complexity index is 318. The molecule has 14 heavy (non-hydrogen) atoms. The lowest BCUT2D eigenvalue weighted by molar-refractivity contribution is 0.569. The third-order valence-corrected chi connectivity index (χ3v) is 5.66. The van der Waals surface area contributed by atoms with E-state index < -0.39 is 7.14 Å². The van der Waals surface area contributed by atoms with Crippen molar-refractivity contribution in [1.82, 2.24) is 5.32 Å². The third kappa shape index (κ3) is 2.38. The van der Waals surface area contributed by atoms with Crippen LogP contribution in [0.1, 0.15) is 0 Å². The maximum atomic E-state index is 12.4. The Balaban J connectivity index is 0.000000980. The first kappa shape index (κ1) is 11.8. The highest BCUT2D eigenvalue weighted by molar-refractivity contribution is 7.71. The number of benzene rings is 1. The molecule has 0 saturated carbocycles. The maximum Gasteiger partial charge on any atom is 0.118 e. The molecule has 1 aromatic rings. The minimum atomic E-state index is -2.03. The van der Waals surface area contributed by atoms with Crippen molar-refractivity contribution in [2.45, 2.75) is 0 Å². The molecule has 4 heteroatoms. The van der Waals surface area contributed by atoms with Gasteiger partial charge in [0.1, 0.15) is 7.14 Å². The summed E-state index contributed by atoms with van der Waals surface area (Å²) in [6, 6.07) is 9.89. The van der Waals surface area contributed by atoms with Crippen molar-refractivity contribution in [2.75, 3.05) is 25.4 Å². The summed E-state index contributed by atoms with van der Waals surface area (Å²) in [5.41, 5.74) is 0.